The molecule has 0 fully saturated rings. The van der Waals surface area contributed by atoms with Gasteiger partial charge in [0.2, 0.25) is 0 Å². The van der Waals surface area contributed by atoms with Gasteiger partial charge in [0.15, 0.2) is 0 Å². The zero-order valence-electron chi connectivity index (χ0n) is 16.3. The van der Waals surface area contributed by atoms with E-state index in [4.69, 9.17) is 11.6 Å². The Labute approximate surface area is 180 Å². The minimum absolute atomic E-state index is 0.147. The lowest BCUT2D eigenvalue weighted by Crippen LogP contribution is -2.23. The number of amides is 1. The fourth-order valence-electron chi connectivity index (χ4n) is 3.48. The van der Waals surface area contributed by atoms with Crippen LogP contribution in [0.3, 0.4) is 0 Å². The number of pyridine rings is 1. The number of nitrogens with one attached hydrogen (secondary N) is 1. The van der Waals surface area contributed by atoms with Gasteiger partial charge in [-0.15, -0.1) is 0 Å². The third-order valence-electron chi connectivity index (χ3n) is 5.12. The molecule has 0 saturated carbocycles. The number of aryl methyl sites for hydroxylation is 2. The van der Waals surface area contributed by atoms with Crippen LogP contribution in [0.1, 0.15) is 27.0 Å². The van der Waals surface area contributed by atoms with Crippen molar-refractivity contribution in [1.82, 2.24) is 10.3 Å². The normalized spacial score (nSPS) is 10.8. The second-order valence-electron chi connectivity index (χ2n) is 7.14. The number of aromatic nitrogens is 1. The zero-order chi connectivity index (χ0) is 20.9. The third-order valence-corrected chi connectivity index (χ3v) is 5.48. The number of fused-ring (bicyclic) bond motifs is 1. The molecule has 5 heteroatoms. The van der Waals surface area contributed by atoms with Crippen molar-refractivity contribution >= 4 is 28.4 Å². The van der Waals surface area contributed by atoms with Crippen molar-refractivity contribution in [3.05, 3.63) is 106 Å². The molecule has 0 bridgehead atoms. The number of hydrogen-bond acceptors (Lipinski definition) is 3. The molecule has 2 N–H and O–H groups in total. The van der Waals surface area contributed by atoms with E-state index >= 15 is 0 Å². The average molecular weight is 417 g/mol. The maximum atomic E-state index is 12.7. The maximum Gasteiger partial charge on any atom is 0.251 e. The van der Waals surface area contributed by atoms with Crippen LogP contribution in [-0.2, 0) is 19.4 Å². The van der Waals surface area contributed by atoms with Gasteiger partial charge in [-0.3, -0.25) is 9.78 Å². The summed E-state index contributed by atoms with van der Waals surface area (Å²) in [6.07, 6.45) is 3.20. The van der Waals surface area contributed by atoms with Crippen molar-refractivity contribution in [3.8, 4) is 5.75 Å². The highest BCUT2D eigenvalue weighted by molar-refractivity contribution is 6.31. The number of rotatable bonds is 6. The lowest BCUT2D eigenvalue weighted by Gasteiger charge is -2.12. The predicted molar refractivity (Wildman–Crippen MR) is 120 cm³/mol. The van der Waals surface area contributed by atoms with Gasteiger partial charge in [-0.1, -0.05) is 41.9 Å². The SMILES string of the molecule is O=C(NCc1ccc(O)cc1CCc1ccccc1Cl)c1ccc2ncccc2c1. The first-order valence-electron chi connectivity index (χ1n) is 9.77. The number of benzene rings is 3. The lowest BCUT2D eigenvalue weighted by atomic mass is 9.99. The predicted octanol–water partition coefficient (Wildman–Crippen LogP) is 5.31. The molecule has 30 heavy (non-hydrogen) atoms. The minimum atomic E-state index is -0.147. The van der Waals surface area contributed by atoms with E-state index in [0.717, 1.165) is 39.0 Å². The fourth-order valence-corrected chi connectivity index (χ4v) is 3.71. The molecule has 150 valence electrons. The summed E-state index contributed by atoms with van der Waals surface area (Å²) in [7, 11) is 0. The van der Waals surface area contributed by atoms with Crippen LogP contribution in [0.25, 0.3) is 10.9 Å². The molecule has 0 saturated heterocycles. The van der Waals surface area contributed by atoms with E-state index in [2.05, 4.69) is 10.3 Å². The molecule has 4 nitrogen and oxygen atoms in total. The van der Waals surface area contributed by atoms with Gasteiger partial charge in [0.05, 0.1) is 5.52 Å². The van der Waals surface area contributed by atoms with Crippen LogP contribution >= 0.6 is 11.6 Å². The molecule has 0 aliphatic heterocycles. The topological polar surface area (TPSA) is 62.2 Å². The Balaban J connectivity index is 1.47. The monoisotopic (exact) mass is 416 g/mol. The van der Waals surface area contributed by atoms with Crippen molar-refractivity contribution < 1.29 is 9.90 Å². The Morgan fingerprint density at radius 2 is 1.73 bits per heavy atom. The summed E-state index contributed by atoms with van der Waals surface area (Å²) in [5.74, 6) is 0.0622. The van der Waals surface area contributed by atoms with Crippen LogP contribution in [-0.4, -0.2) is 16.0 Å². The van der Waals surface area contributed by atoms with Crippen LogP contribution in [0.2, 0.25) is 5.02 Å². The number of aromatic hydroxyl groups is 1. The highest BCUT2D eigenvalue weighted by Crippen LogP contribution is 2.22. The molecule has 3 aromatic carbocycles. The summed E-state index contributed by atoms with van der Waals surface area (Å²) in [5.41, 5.74) is 4.46. The van der Waals surface area contributed by atoms with Crippen molar-refractivity contribution in [2.24, 2.45) is 0 Å². The Bertz CT molecular complexity index is 1210. The van der Waals surface area contributed by atoms with Crippen LogP contribution in [0.4, 0.5) is 0 Å². The molecule has 0 aliphatic rings. The fraction of sp³-hybridized carbons (Fsp3) is 0.120. The van der Waals surface area contributed by atoms with Crippen LogP contribution < -0.4 is 5.32 Å². The minimum Gasteiger partial charge on any atom is -0.508 e. The summed E-state index contributed by atoms with van der Waals surface area (Å²) in [6, 6.07) is 22.2. The van der Waals surface area contributed by atoms with Crippen molar-refractivity contribution in [1.29, 1.82) is 0 Å². The quantitative estimate of drug-likeness (QED) is 0.447. The number of halogens is 1. The van der Waals surface area contributed by atoms with E-state index in [0.29, 0.717) is 18.5 Å². The number of nitrogens with zero attached hydrogens (tertiary/aromatic N) is 1. The molecule has 0 unspecified atom stereocenters. The van der Waals surface area contributed by atoms with E-state index in [1.807, 2.05) is 54.6 Å². The molecule has 1 heterocycles. The van der Waals surface area contributed by atoms with Crippen LogP contribution in [0.15, 0.2) is 79.0 Å². The second-order valence-corrected chi connectivity index (χ2v) is 7.55. The molecule has 0 atom stereocenters. The van der Waals surface area contributed by atoms with Gasteiger partial charge >= 0.3 is 0 Å². The molecule has 0 spiro atoms. The number of carbonyl (C=O) groups excluding carboxylic acids is 1. The molecule has 0 radical (unpaired) electrons. The van der Waals surface area contributed by atoms with E-state index < -0.39 is 0 Å². The Morgan fingerprint density at radius 1 is 0.900 bits per heavy atom. The smallest absolute Gasteiger partial charge is 0.251 e. The molecule has 0 aliphatic carbocycles. The van der Waals surface area contributed by atoms with E-state index in [1.54, 1.807) is 24.4 Å². The van der Waals surface area contributed by atoms with Gasteiger partial charge in [0, 0.05) is 28.7 Å². The number of phenolic OH excluding ortho intramolecular Hbond substituents is 1. The number of phenols is 1. The lowest BCUT2D eigenvalue weighted by molar-refractivity contribution is 0.0951. The van der Waals surface area contributed by atoms with Crippen LogP contribution in [0.5, 0.6) is 5.75 Å². The first-order chi connectivity index (χ1) is 14.6. The van der Waals surface area contributed by atoms with Gasteiger partial charge in [-0.2, -0.15) is 0 Å². The van der Waals surface area contributed by atoms with Gasteiger partial charge in [0.1, 0.15) is 5.75 Å². The summed E-state index contributed by atoms with van der Waals surface area (Å²) >= 11 is 6.26. The highest BCUT2D eigenvalue weighted by Gasteiger charge is 2.10. The van der Waals surface area contributed by atoms with E-state index in [1.165, 1.54) is 0 Å². The summed E-state index contributed by atoms with van der Waals surface area (Å²) in [6.45, 7) is 0.377. The summed E-state index contributed by atoms with van der Waals surface area (Å²) in [4.78, 5) is 16.9. The maximum absolute atomic E-state index is 12.7. The van der Waals surface area contributed by atoms with Gasteiger partial charge in [0.25, 0.3) is 5.91 Å². The molecular weight excluding hydrogens is 396 g/mol. The Hall–Kier alpha value is -3.37. The Kier molecular flexibility index (Phi) is 5.96. The summed E-state index contributed by atoms with van der Waals surface area (Å²) < 4.78 is 0. The molecule has 1 amide bonds. The average Bonchev–Trinajstić information content (AvgIpc) is 2.77. The molecule has 4 aromatic rings. The van der Waals surface area contributed by atoms with Crippen LogP contribution in [0, 0.1) is 0 Å². The largest absolute Gasteiger partial charge is 0.508 e. The molecule has 1 aromatic heterocycles. The van der Waals surface area contributed by atoms with E-state index in [9.17, 15) is 9.90 Å². The van der Waals surface area contributed by atoms with Crippen molar-refractivity contribution in [3.63, 3.8) is 0 Å². The van der Waals surface area contributed by atoms with E-state index in [-0.39, 0.29) is 11.7 Å². The first kappa shape index (κ1) is 19.9. The standard InChI is InChI=1S/C25H21ClN2O2/c26-23-6-2-1-4-17(23)7-8-18-15-22(29)11-9-21(18)16-28-25(30)20-10-12-24-19(14-20)5-3-13-27-24/h1-6,9-15,29H,7-8,16H2,(H,28,30). The van der Waals surface area contributed by atoms with Gasteiger partial charge < -0.3 is 10.4 Å². The second kappa shape index (κ2) is 8.97. The molecular formula is C25H21ClN2O2. The third kappa shape index (κ3) is 4.61. The number of carbonyl (C=O) groups is 1. The number of hydrogen-bond donors (Lipinski definition) is 2. The van der Waals surface area contributed by atoms with Gasteiger partial charge in [-0.05, 0) is 72.0 Å². The van der Waals surface area contributed by atoms with Crippen molar-refractivity contribution in [2.75, 3.05) is 0 Å². The first-order valence-corrected chi connectivity index (χ1v) is 10.1. The Morgan fingerprint density at radius 3 is 2.60 bits per heavy atom. The zero-order valence-corrected chi connectivity index (χ0v) is 17.1. The molecule has 4 rings (SSSR count). The summed E-state index contributed by atoms with van der Waals surface area (Å²) in [5, 5.41) is 14.6. The van der Waals surface area contributed by atoms with Crippen molar-refractivity contribution in [2.45, 2.75) is 19.4 Å². The van der Waals surface area contributed by atoms with Gasteiger partial charge in [-0.25, -0.2) is 0 Å². The highest BCUT2D eigenvalue weighted by atomic mass is 35.5.